The molecule has 0 N–H and O–H groups in total. The van der Waals surface area contributed by atoms with Gasteiger partial charge in [0.25, 0.3) is 0 Å². The number of aryl methyl sites for hydroxylation is 3. The maximum absolute atomic E-state index is 12.9. The predicted octanol–water partition coefficient (Wildman–Crippen LogP) is 2.96. The first kappa shape index (κ1) is 20.0. The second-order valence-corrected chi connectivity index (χ2v) is 8.42. The van der Waals surface area contributed by atoms with Gasteiger partial charge in [0, 0.05) is 56.6 Å². The van der Waals surface area contributed by atoms with Crippen LogP contribution in [-0.2, 0) is 11.2 Å². The van der Waals surface area contributed by atoms with Gasteiger partial charge in [0.2, 0.25) is 5.91 Å². The van der Waals surface area contributed by atoms with Crippen molar-refractivity contribution in [2.24, 2.45) is 0 Å². The molecule has 2 aliphatic heterocycles. The van der Waals surface area contributed by atoms with Gasteiger partial charge in [-0.3, -0.25) is 9.69 Å². The van der Waals surface area contributed by atoms with Gasteiger partial charge in [-0.05, 0) is 45.2 Å². The van der Waals surface area contributed by atoms with E-state index < -0.39 is 0 Å². The van der Waals surface area contributed by atoms with Gasteiger partial charge in [0.1, 0.15) is 5.76 Å². The smallest absolute Gasteiger partial charge is 0.227 e. The van der Waals surface area contributed by atoms with Gasteiger partial charge in [-0.1, -0.05) is 23.4 Å². The van der Waals surface area contributed by atoms with Gasteiger partial charge >= 0.3 is 0 Å². The maximum Gasteiger partial charge on any atom is 0.227 e. The van der Waals surface area contributed by atoms with Crippen molar-refractivity contribution in [2.75, 3.05) is 44.2 Å². The maximum atomic E-state index is 12.9. The Morgan fingerprint density at radius 2 is 1.86 bits per heavy atom. The van der Waals surface area contributed by atoms with Crippen LogP contribution in [0.5, 0.6) is 0 Å². The van der Waals surface area contributed by atoms with E-state index in [9.17, 15) is 4.79 Å². The number of amides is 1. The number of nitrogens with zero attached hydrogens (tertiary/aromatic N) is 4. The Hall–Kier alpha value is -2.34. The summed E-state index contributed by atoms with van der Waals surface area (Å²) >= 11 is 0. The number of piperidine rings is 1. The van der Waals surface area contributed by atoms with Crippen LogP contribution in [0.25, 0.3) is 0 Å². The summed E-state index contributed by atoms with van der Waals surface area (Å²) < 4.78 is 5.22. The summed E-state index contributed by atoms with van der Waals surface area (Å²) in [4.78, 5) is 20.0. The fraction of sp³-hybridized carbons (Fsp3) is 0.565. The number of aromatic nitrogens is 1. The van der Waals surface area contributed by atoms with E-state index in [-0.39, 0.29) is 5.91 Å². The summed E-state index contributed by atoms with van der Waals surface area (Å²) in [7, 11) is 0. The Balaban J connectivity index is 1.33. The Morgan fingerprint density at radius 1 is 1.10 bits per heavy atom. The molecule has 0 spiro atoms. The molecule has 0 saturated carbocycles. The van der Waals surface area contributed by atoms with Crippen molar-refractivity contribution < 1.29 is 9.32 Å². The molecule has 29 heavy (non-hydrogen) atoms. The van der Waals surface area contributed by atoms with Crippen molar-refractivity contribution in [1.29, 1.82) is 0 Å². The van der Waals surface area contributed by atoms with Crippen molar-refractivity contribution in [1.82, 2.24) is 15.0 Å². The van der Waals surface area contributed by atoms with Crippen molar-refractivity contribution in [3.05, 3.63) is 46.8 Å². The lowest BCUT2D eigenvalue weighted by Crippen LogP contribution is -2.56. The average molecular weight is 397 g/mol. The minimum absolute atomic E-state index is 0.197. The van der Waals surface area contributed by atoms with Crippen LogP contribution >= 0.6 is 0 Å². The van der Waals surface area contributed by atoms with Crippen molar-refractivity contribution >= 4 is 11.6 Å². The summed E-state index contributed by atoms with van der Waals surface area (Å²) in [5, 5.41) is 3.98. The van der Waals surface area contributed by atoms with Crippen LogP contribution in [-0.4, -0.2) is 66.2 Å². The van der Waals surface area contributed by atoms with Crippen molar-refractivity contribution in [2.45, 2.75) is 46.1 Å². The van der Waals surface area contributed by atoms with Gasteiger partial charge in [-0.2, -0.15) is 0 Å². The Kier molecular flexibility index (Phi) is 5.90. The molecule has 0 unspecified atom stereocenters. The van der Waals surface area contributed by atoms with E-state index >= 15 is 0 Å². The molecule has 1 amide bonds. The van der Waals surface area contributed by atoms with Crippen LogP contribution in [0, 0.1) is 20.8 Å². The molecule has 0 aliphatic carbocycles. The van der Waals surface area contributed by atoms with E-state index in [4.69, 9.17) is 4.52 Å². The normalized spacial score (nSPS) is 20.9. The molecular weight excluding hydrogens is 364 g/mol. The molecule has 2 fully saturated rings. The molecule has 6 heteroatoms. The molecule has 4 rings (SSSR count). The molecule has 1 atom stereocenters. The second-order valence-electron chi connectivity index (χ2n) is 8.42. The van der Waals surface area contributed by atoms with E-state index in [1.165, 1.54) is 17.7 Å². The van der Waals surface area contributed by atoms with E-state index in [0.29, 0.717) is 12.5 Å². The first-order valence-electron chi connectivity index (χ1n) is 10.8. The fourth-order valence-corrected chi connectivity index (χ4v) is 4.74. The summed E-state index contributed by atoms with van der Waals surface area (Å²) in [6.07, 6.45) is 2.66. The van der Waals surface area contributed by atoms with E-state index in [1.54, 1.807) is 0 Å². The lowest BCUT2D eigenvalue weighted by atomic mass is 10.0. The number of para-hydroxylation sites is 1. The first-order chi connectivity index (χ1) is 14.0. The van der Waals surface area contributed by atoms with Gasteiger partial charge in [-0.25, -0.2) is 0 Å². The third kappa shape index (κ3) is 4.32. The van der Waals surface area contributed by atoms with Gasteiger partial charge in [0.05, 0.1) is 12.1 Å². The highest BCUT2D eigenvalue weighted by atomic mass is 16.5. The molecule has 1 aromatic carbocycles. The predicted molar refractivity (Wildman–Crippen MR) is 114 cm³/mol. The number of likely N-dealkylation sites (tertiary alicyclic amines) is 1. The van der Waals surface area contributed by atoms with Crippen LogP contribution < -0.4 is 4.90 Å². The zero-order valence-electron chi connectivity index (χ0n) is 17.9. The number of anilines is 1. The lowest BCUT2D eigenvalue weighted by molar-refractivity contribution is -0.132. The van der Waals surface area contributed by atoms with Crippen LogP contribution in [0.2, 0.25) is 0 Å². The highest BCUT2D eigenvalue weighted by molar-refractivity contribution is 5.79. The highest BCUT2D eigenvalue weighted by Gasteiger charge is 2.30. The lowest BCUT2D eigenvalue weighted by Gasteiger charge is -2.44. The Bertz CT molecular complexity index is 835. The zero-order valence-corrected chi connectivity index (χ0v) is 17.9. The van der Waals surface area contributed by atoms with Gasteiger partial charge < -0.3 is 14.3 Å². The molecule has 1 aromatic heterocycles. The number of carbonyl (C=O) groups excluding carboxylic acids is 1. The van der Waals surface area contributed by atoms with Crippen molar-refractivity contribution in [3.8, 4) is 0 Å². The minimum atomic E-state index is 0.197. The molecule has 2 aromatic rings. The van der Waals surface area contributed by atoms with Crippen LogP contribution in [0.4, 0.5) is 5.69 Å². The van der Waals surface area contributed by atoms with Gasteiger partial charge in [0.15, 0.2) is 0 Å². The van der Waals surface area contributed by atoms with E-state index in [2.05, 4.69) is 46.1 Å². The molecule has 3 heterocycles. The third-order valence-corrected chi connectivity index (χ3v) is 6.55. The molecule has 0 bridgehead atoms. The highest BCUT2D eigenvalue weighted by Crippen LogP contribution is 2.24. The molecule has 6 nitrogen and oxygen atoms in total. The SMILES string of the molecule is Cc1ccccc1N1CCN([C@@H]2CCCN(C(=O)Cc3c(C)noc3C)C2)CC1. The number of piperazine rings is 1. The second kappa shape index (κ2) is 8.57. The first-order valence-corrected chi connectivity index (χ1v) is 10.8. The Morgan fingerprint density at radius 3 is 2.55 bits per heavy atom. The van der Waals surface area contributed by atoms with E-state index in [1.807, 2.05) is 18.7 Å². The summed E-state index contributed by atoms with van der Waals surface area (Å²) in [5.74, 6) is 0.958. The number of rotatable bonds is 4. The average Bonchev–Trinajstić information content (AvgIpc) is 3.06. The van der Waals surface area contributed by atoms with Crippen LogP contribution in [0.15, 0.2) is 28.8 Å². The van der Waals surface area contributed by atoms with Crippen molar-refractivity contribution in [3.63, 3.8) is 0 Å². The monoisotopic (exact) mass is 396 g/mol. The largest absolute Gasteiger partial charge is 0.369 e. The number of benzene rings is 1. The zero-order chi connectivity index (χ0) is 20.4. The summed E-state index contributed by atoms with van der Waals surface area (Å²) in [6.45, 7) is 11.9. The number of carbonyl (C=O) groups is 1. The molecular formula is C23H32N4O2. The molecule has 156 valence electrons. The molecule has 0 radical (unpaired) electrons. The Labute approximate surface area is 173 Å². The van der Waals surface area contributed by atoms with Crippen LogP contribution in [0.3, 0.4) is 0 Å². The topological polar surface area (TPSA) is 52.8 Å². The summed E-state index contributed by atoms with van der Waals surface area (Å²) in [5.41, 5.74) is 4.47. The molecule has 2 saturated heterocycles. The minimum Gasteiger partial charge on any atom is -0.369 e. The van der Waals surface area contributed by atoms with Gasteiger partial charge in [-0.15, -0.1) is 0 Å². The number of hydrogen-bond donors (Lipinski definition) is 0. The fourth-order valence-electron chi connectivity index (χ4n) is 4.74. The summed E-state index contributed by atoms with van der Waals surface area (Å²) in [6, 6.07) is 9.10. The third-order valence-electron chi connectivity index (χ3n) is 6.55. The standard InChI is InChI=1S/C23H32N4O2/c1-17-7-4-5-9-22(17)26-13-11-25(12-14-26)20-8-6-10-27(16-20)23(28)15-21-18(2)24-29-19(21)3/h4-5,7,9,20H,6,8,10-16H2,1-3H3/t20-/m1/s1. The van der Waals surface area contributed by atoms with Crippen LogP contribution in [0.1, 0.15) is 35.4 Å². The number of hydrogen-bond acceptors (Lipinski definition) is 5. The molecule has 2 aliphatic rings. The van der Waals surface area contributed by atoms with E-state index in [0.717, 1.165) is 62.7 Å². The quantitative estimate of drug-likeness (QED) is 0.795.